The average molecular weight is 457 g/mol. The third-order valence-electron chi connectivity index (χ3n) is 3.98. The van der Waals surface area contributed by atoms with E-state index in [1.807, 2.05) is 0 Å². The van der Waals surface area contributed by atoms with Crippen molar-refractivity contribution in [3.8, 4) is 0 Å². The van der Waals surface area contributed by atoms with Gasteiger partial charge in [-0.25, -0.2) is 9.69 Å². The molecule has 0 saturated carbocycles. The fourth-order valence-corrected chi connectivity index (χ4v) is 3.56. The van der Waals surface area contributed by atoms with Crippen molar-refractivity contribution in [2.45, 2.75) is 39.2 Å². The Morgan fingerprint density at radius 3 is 2.54 bits per heavy atom. The molecular formula is C18H21BrN2O7. The van der Waals surface area contributed by atoms with Gasteiger partial charge in [-0.3, -0.25) is 19.7 Å². The highest BCUT2D eigenvalue weighted by molar-refractivity contribution is 9.10. The van der Waals surface area contributed by atoms with Crippen LogP contribution in [0.2, 0.25) is 0 Å². The van der Waals surface area contributed by atoms with Gasteiger partial charge in [0.2, 0.25) is 12.5 Å². The number of carbonyl (C=O) groups excluding carboxylic acids is 3. The molecule has 28 heavy (non-hydrogen) atoms. The zero-order chi connectivity index (χ0) is 21.2. The predicted octanol–water partition coefficient (Wildman–Crippen LogP) is 3.27. The molecule has 1 aromatic carbocycles. The van der Waals surface area contributed by atoms with Gasteiger partial charge in [-0.2, -0.15) is 0 Å². The minimum atomic E-state index is -1.37. The van der Waals surface area contributed by atoms with E-state index in [-0.39, 0.29) is 12.3 Å². The van der Waals surface area contributed by atoms with Crippen molar-refractivity contribution in [2.24, 2.45) is 5.92 Å². The molecule has 152 valence electrons. The SMILES string of the molecule is CCOC(=O)C(C[N+](=O)[O-])C1C(=O)N(C(=O)OC(C)(C)C)c2c(Br)cccc21. The molecule has 0 aromatic heterocycles. The van der Waals surface area contributed by atoms with Crippen LogP contribution >= 0.6 is 15.9 Å². The summed E-state index contributed by atoms with van der Waals surface area (Å²) in [6.07, 6.45) is -0.920. The lowest BCUT2D eigenvalue weighted by molar-refractivity contribution is -0.486. The Kier molecular flexibility index (Phi) is 6.43. The van der Waals surface area contributed by atoms with E-state index in [4.69, 9.17) is 9.47 Å². The van der Waals surface area contributed by atoms with Crippen LogP contribution in [0.3, 0.4) is 0 Å². The first-order chi connectivity index (χ1) is 13.0. The quantitative estimate of drug-likeness (QED) is 0.379. The summed E-state index contributed by atoms with van der Waals surface area (Å²) in [5.41, 5.74) is -0.326. The van der Waals surface area contributed by atoms with Crippen LogP contribution in [0.15, 0.2) is 22.7 Å². The summed E-state index contributed by atoms with van der Waals surface area (Å²) in [7, 11) is 0. The van der Waals surface area contributed by atoms with E-state index >= 15 is 0 Å². The van der Waals surface area contributed by atoms with Crippen molar-refractivity contribution in [1.82, 2.24) is 0 Å². The number of hydrogen-bond donors (Lipinski definition) is 0. The number of esters is 1. The van der Waals surface area contributed by atoms with Crippen molar-refractivity contribution in [1.29, 1.82) is 0 Å². The van der Waals surface area contributed by atoms with Crippen LogP contribution in [-0.4, -0.2) is 41.6 Å². The first-order valence-corrected chi connectivity index (χ1v) is 9.41. The molecule has 0 N–H and O–H groups in total. The average Bonchev–Trinajstić information content (AvgIpc) is 2.84. The summed E-state index contributed by atoms with van der Waals surface area (Å²) in [6, 6.07) is 4.80. The highest BCUT2D eigenvalue weighted by Crippen LogP contribution is 2.46. The minimum absolute atomic E-state index is 0.00901. The minimum Gasteiger partial charge on any atom is -0.466 e. The maximum absolute atomic E-state index is 13.1. The zero-order valence-electron chi connectivity index (χ0n) is 15.9. The van der Waals surface area contributed by atoms with Gasteiger partial charge in [-0.15, -0.1) is 0 Å². The summed E-state index contributed by atoms with van der Waals surface area (Å²) in [6.45, 7) is 5.72. The molecule has 0 radical (unpaired) electrons. The highest BCUT2D eigenvalue weighted by Gasteiger charge is 2.51. The second kappa shape index (κ2) is 8.26. The molecule has 9 nitrogen and oxygen atoms in total. The van der Waals surface area contributed by atoms with Gasteiger partial charge in [0.1, 0.15) is 11.5 Å². The van der Waals surface area contributed by atoms with Gasteiger partial charge >= 0.3 is 12.1 Å². The molecule has 2 unspecified atom stereocenters. The van der Waals surface area contributed by atoms with Crippen LogP contribution in [0.4, 0.5) is 10.5 Å². The predicted molar refractivity (Wildman–Crippen MR) is 103 cm³/mol. The zero-order valence-corrected chi connectivity index (χ0v) is 17.5. The van der Waals surface area contributed by atoms with Crippen LogP contribution in [0, 0.1) is 16.0 Å². The van der Waals surface area contributed by atoms with Gasteiger partial charge in [0.15, 0.2) is 0 Å². The molecule has 10 heteroatoms. The Labute approximate surface area is 170 Å². The largest absolute Gasteiger partial charge is 0.466 e. The van der Waals surface area contributed by atoms with Crippen molar-refractivity contribution in [3.05, 3.63) is 38.3 Å². The van der Waals surface area contributed by atoms with Gasteiger partial charge in [-0.1, -0.05) is 12.1 Å². The summed E-state index contributed by atoms with van der Waals surface area (Å²) >= 11 is 3.31. The van der Waals surface area contributed by atoms with Crippen molar-refractivity contribution in [3.63, 3.8) is 0 Å². The Balaban J connectivity index is 2.56. The molecule has 2 atom stereocenters. The van der Waals surface area contributed by atoms with Gasteiger partial charge in [0.25, 0.3) is 0 Å². The van der Waals surface area contributed by atoms with Crippen molar-refractivity contribution < 1.29 is 28.8 Å². The Bertz CT molecular complexity index is 819. The number of nitrogens with zero attached hydrogens (tertiary/aromatic N) is 2. The Hall–Kier alpha value is -2.49. The van der Waals surface area contributed by atoms with E-state index in [1.165, 1.54) is 0 Å². The van der Waals surface area contributed by atoms with Crippen molar-refractivity contribution in [2.75, 3.05) is 18.1 Å². The molecule has 1 aliphatic rings. The summed E-state index contributed by atoms with van der Waals surface area (Å²) in [5.74, 6) is -4.24. The number of hydrogen-bond acceptors (Lipinski definition) is 7. The number of carbonyl (C=O) groups is 3. The third-order valence-corrected chi connectivity index (χ3v) is 4.62. The van der Waals surface area contributed by atoms with Crippen LogP contribution < -0.4 is 4.90 Å². The van der Waals surface area contributed by atoms with E-state index in [9.17, 15) is 24.5 Å². The molecule has 0 saturated heterocycles. The molecule has 0 fully saturated rings. The second-order valence-corrected chi connectivity index (χ2v) is 8.04. The Morgan fingerprint density at radius 2 is 2.00 bits per heavy atom. The fourth-order valence-electron chi connectivity index (χ4n) is 3.00. The molecule has 2 rings (SSSR count). The van der Waals surface area contributed by atoms with E-state index in [0.29, 0.717) is 10.0 Å². The summed E-state index contributed by atoms with van der Waals surface area (Å²) < 4.78 is 10.7. The molecule has 0 spiro atoms. The lowest BCUT2D eigenvalue weighted by Gasteiger charge is -2.24. The number of ether oxygens (including phenoxy) is 2. The number of amides is 2. The van der Waals surface area contributed by atoms with Crippen LogP contribution in [0.25, 0.3) is 0 Å². The number of para-hydroxylation sites is 1. The van der Waals surface area contributed by atoms with Gasteiger partial charge in [0, 0.05) is 9.40 Å². The topological polar surface area (TPSA) is 116 Å². The van der Waals surface area contributed by atoms with Gasteiger partial charge in [-0.05, 0) is 55.3 Å². The standard InChI is InChI=1S/C18H21BrN2O7/c1-5-27-16(23)11(9-20(25)26)13-10-7-6-8-12(19)14(10)21(15(13)22)17(24)28-18(2,3)4/h6-8,11,13H,5,9H2,1-4H3. The van der Waals surface area contributed by atoms with Crippen LogP contribution in [0.5, 0.6) is 0 Å². The number of benzene rings is 1. The number of halogens is 1. The van der Waals surface area contributed by atoms with E-state index in [2.05, 4.69) is 15.9 Å². The van der Waals surface area contributed by atoms with E-state index in [1.54, 1.807) is 45.9 Å². The molecule has 2 amide bonds. The van der Waals surface area contributed by atoms with Crippen LogP contribution in [0.1, 0.15) is 39.2 Å². The fraction of sp³-hybridized carbons (Fsp3) is 0.500. The third kappa shape index (κ3) is 4.49. The molecule has 1 aromatic rings. The molecular weight excluding hydrogens is 436 g/mol. The number of imide groups is 1. The van der Waals surface area contributed by atoms with Crippen LogP contribution in [-0.2, 0) is 19.1 Å². The highest BCUT2D eigenvalue weighted by atomic mass is 79.9. The first kappa shape index (κ1) is 21.8. The monoisotopic (exact) mass is 456 g/mol. The first-order valence-electron chi connectivity index (χ1n) is 8.61. The summed E-state index contributed by atoms with van der Waals surface area (Å²) in [4.78, 5) is 49.5. The second-order valence-electron chi connectivity index (χ2n) is 7.18. The van der Waals surface area contributed by atoms with E-state index in [0.717, 1.165) is 4.90 Å². The van der Waals surface area contributed by atoms with Crippen molar-refractivity contribution >= 4 is 39.6 Å². The maximum atomic E-state index is 13.1. The normalized spacial score (nSPS) is 17.1. The van der Waals surface area contributed by atoms with E-state index < -0.39 is 46.9 Å². The number of anilines is 1. The molecule has 0 aliphatic carbocycles. The number of rotatable bonds is 5. The molecule has 0 bridgehead atoms. The van der Waals surface area contributed by atoms with Gasteiger partial charge < -0.3 is 9.47 Å². The molecule has 1 heterocycles. The Morgan fingerprint density at radius 1 is 1.36 bits per heavy atom. The maximum Gasteiger partial charge on any atom is 0.421 e. The number of fused-ring (bicyclic) bond motifs is 1. The number of nitro groups is 1. The lowest BCUT2D eigenvalue weighted by atomic mass is 9.87. The molecule has 1 aliphatic heterocycles. The smallest absolute Gasteiger partial charge is 0.421 e. The van der Waals surface area contributed by atoms with Gasteiger partial charge in [0.05, 0.1) is 18.2 Å². The summed E-state index contributed by atoms with van der Waals surface area (Å²) in [5, 5.41) is 11.1. The lowest BCUT2D eigenvalue weighted by Crippen LogP contribution is -2.42.